The summed E-state index contributed by atoms with van der Waals surface area (Å²) in [5, 5.41) is 0. The molecule has 0 unspecified atom stereocenters. The Labute approximate surface area is 64.1 Å². The van der Waals surface area contributed by atoms with Gasteiger partial charge in [-0.25, -0.2) is 9.74 Å². The fourth-order valence-electron chi connectivity index (χ4n) is 0.499. The quantitative estimate of drug-likeness (QED) is 0.681. The Hall–Kier alpha value is -1.32. The number of nitrogens with one attached hydrogen (secondary N) is 1. The number of carbonyl (C=O) groups is 1. The molecule has 1 N–H and O–H groups in total. The lowest BCUT2D eigenvalue weighted by molar-refractivity contribution is -0.0792. The van der Waals surface area contributed by atoms with Crippen molar-refractivity contribution in [2.45, 2.75) is 13.8 Å². The smallest absolute Gasteiger partial charge is 0.356 e. The predicted octanol–water partition coefficient (Wildman–Crippen LogP) is 2.08. The number of hydrogen-bond acceptors (Lipinski definition) is 2. The predicted molar refractivity (Wildman–Crippen MR) is 38.7 cm³/mol. The van der Waals surface area contributed by atoms with Gasteiger partial charge in [0.2, 0.25) is 0 Å². The van der Waals surface area contributed by atoms with Crippen molar-refractivity contribution < 1.29 is 14.3 Å². The van der Waals surface area contributed by atoms with E-state index in [0.717, 1.165) is 0 Å². The Bertz CT molecular complexity index is 196. The molecule has 1 heterocycles. The van der Waals surface area contributed by atoms with Crippen LogP contribution in [0.5, 0.6) is 0 Å². The molecular formula is C7H10FNO2. The lowest BCUT2D eigenvalue weighted by Crippen LogP contribution is -1.97. The van der Waals surface area contributed by atoms with E-state index in [1.165, 1.54) is 12.3 Å². The summed E-state index contributed by atoms with van der Waals surface area (Å²) in [5.74, 6) is -1.00. The molecule has 4 heteroatoms. The molecule has 1 aromatic rings. The monoisotopic (exact) mass is 159 g/mol. The summed E-state index contributed by atoms with van der Waals surface area (Å²) in [7, 11) is 0. The molecule has 0 aliphatic rings. The SMILES string of the molecule is CC.O=C(OF)c1ccc[nH]1. The summed E-state index contributed by atoms with van der Waals surface area (Å²) in [4.78, 5) is 15.6. The summed E-state index contributed by atoms with van der Waals surface area (Å²) >= 11 is 0. The van der Waals surface area contributed by atoms with Crippen LogP contribution in [0.3, 0.4) is 0 Å². The maximum absolute atomic E-state index is 11.1. The topological polar surface area (TPSA) is 42.1 Å². The maximum Gasteiger partial charge on any atom is 0.395 e. The van der Waals surface area contributed by atoms with Gasteiger partial charge >= 0.3 is 5.97 Å². The summed E-state index contributed by atoms with van der Waals surface area (Å²) in [6.45, 7) is 4.00. The first-order valence-corrected chi connectivity index (χ1v) is 3.31. The van der Waals surface area contributed by atoms with Crippen LogP contribution in [0.15, 0.2) is 18.3 Å². The second-order valence-electron chi connectivity index (χ2n) is 1.45. The van der Waals surface area contributed by atoms with Crippen molar-refractivity contribution in [2.75, 3.05) is 0 Å². The Morgan fingerprint density at radius 1 is 1.64 bits per heavy atom. The molecule has 0 fully saturated rings. The molecule has 1 aromatic heterocycles. The van der Waals surface area contributed by atoms with E-state index in [-0.39, 0.29) is 5.69 Å². The van der Waals surface area contributed by atoms with Crippen LogP contribution in [0.25, 0.3) is 0 Å². The normalized spacial score (nSPS) is 7.91. The molecule has 1 rings (SSSR count). The zero-order valence-electron chi connectivity index (χ0n) is 6.43. The lowest BCUT2D eigenvalue weighted by atomic mass is 10.4. The van der Waals surface area contributed by atoms with Crippen molar-refractivity contribution in [2.24, 2.45) is 0 Å². The van der Waals surface area contributed by atoms with Gasteiger partial charge < -0.3 is 4.98 Å². The fraction of sp³-hybridized carbons (Fsp3) is 0.286. The van der Waals surface area contributed by atoms with E-state index in [2.05, 4.69) is 9.93 Å². The van der Waals surface area contributed by atoms with E-state index in [1.54, 1.807) is 6.07 Å². The first-order valence-electron chi connectivity index (χ1n) is 3.31. The van der Waals surface area contributed by atoms with Crippen LogP contribution in [-0.4, -0.2) is 11.0 Å². The van der Waals surface area contributed by atoms with Crippen molar-refractivity contribution >= 4 is 5.97 Å². The van der Waals surface area contributed by atoms with Gasteiger partial charge in [-0.3, -0.25) is 0 Å². The van der Waals surface area contributed by atoms with E-state index in [4.69, 9.17) is 0 Å². The number of hydrogen-bond donors (Lipinski definition) is 1. The molecular weight excluding hydrogens is 149 g/mol. The number of rotatable bonds is 1. The third-order valence-corrected chi connectivity index (χ3v) is 0.888. The largest absolute Gasteiger partial charge is 0.395 e. The first kappa shape index (κ1) is 9.68. The van der Waals surface area contributed by atoms with E-state index in [0.29, 0.717) is 0 Å². The van der Waals surface area contributed by atoms with Crippen LogP contribution in [0, 0.1) is 0 Å². The molecule has 11 heavy (non-hydrogen) atoms. The third-order valence-electron chi connectivity index (χ3n) is 0.888. The van der Waals surface area contributed by atoms with Crippen molar-refractivity contribution in [3.63, 3.8) is 0 Å². The minimum Gasteiger partial charge on any atom is -0.356 e. The van der Waals surface area contributed by atoms with Crippen molar-refractivity contribution in [1.29, 1.82) is 0 Å². The van der Waals surface area contributed by atoms with Crippen LogP contribution in [0.2, 0.25) is 0 Å². The molecule has 0 bridgehead atoms. The maximum atomic E-state index is 11.1. The van der Waals surface area contributed by atoms with Gasteiger partial charge in [0.15, 0.2) is 0 Å². The first-order chi connectivity index (χ1) is 5.34. The van der Waals surface area contributed by atoms with E-state index in [1.807, 2.05) is 13.8 Å². The van der Waals surface area contributed by atoms with Crippen LogP contribution in [0.4, 0.5) is 4.53 Å². The van der Waals surface area contributed by atoms with E-state index < -0.39 is 5.97 Å². The van der Waals surface area contributed by atoms with Crippen LogP contribution in [0.1, 0.15) is 24.3 Å². The highest BCUT2D eigenvalue weighted by Crippen LogP contribution is 1.96. The van der Waals surface area contributed by atoms with Gasteiger partial charge in [-0.15, -0.1) is 0 Å². The van der Waals surface area contributed by atoms with Gasteiger partial charge in [0.25, 0.3) is 0 Å². The number of halogens is 1. The second-order valence-corrected chi connectivity index (χ2v) is 1.45. The van der Waals surface area contributed by atoms with Crippen molar-refractivity contribution in [3.8, 4) is 0 Å². The molecule has 0 aliphatic heterocycles. The number of H-pyrrole nitrogens is 1. The molecule has 62 valence electrons. The van der Waals surface area contributed by atoms with Crippen molar-refractivity contribution in [1.82, 2.24) is 4.98 Å². The number of carbonyl (C=O) groups excluding carboxylic acids is 1. The molecule has 0 amide bonds. The highest BCUT2D eigenvalue weighted by Gasteiger charge is 2.05. The summed E-state index contributed by atoms with van der Waals surface area (Å²) in [6.07, 6.45) is 1.51. The average Bonchev–Trinajstić information content (AvgIpc) is 2.59. The van der Waals surface area contributed by atoms with Gasteiger partial charge in [0.1, 0.15) is 5.69 Å². The minimum atomic E-state index is -1.00. The van der Waals surface area contributed by atoms with Crippen LogP contribution in [-0.2, 0) is 4.94 Å². The Balaban J connectivity index is 0.000000461. The average molecular weight is 159 g/mol. The highest BCUT2D eigenvalue weighted by atomic mass is 19.3. The molecule has 0 aromatic carbocycles. The molecule has 0 saturated heterocycles. The molecule has 0 saturated carbocycles. The van der Waals surface area contributed by atoms with Crippen LogP contribution < -0.4 is 0 Å². The van der Waals surface area contributed by atoms with Gasteiger partial charge in [0, 0.05) is 10.7 Å². The Kier molecular flexibility index (Phi) is 4.81. The van der Waals surface area contributed by atoms with Crippen molar-refractivity contribution in [3.05, 3.63) is 24.0 Å². The zero-order valence-corrected chi connectivity index (χ0v) is 6.43. The Morgan fingerprint density at radius 2 is 2.27 bits per heavy atom. The third kappa shape index (κ3) is 2.84. The van der Waals surface area contributed by atoms with E-state index in [9.17, 15) is 9.32 Å². The van der Waals surface area contributed by atoms with Crippen LogP contribution >= 0.6 is 0 Å². The molecule has 0 radical (unpaired) electrons. The van der Waals surface area contributed by atoms with Gasteiger partial charge in [-0.1, -0.05) is 13.8 Å². The Morgan fingerprint density at radius 3 is 2.64 bits per heavy atom. The standard InChI is InChI=1S/C5H4FNO2.C2H6/c6-9-5(8)4-2-1-3-7-4;1-2/h1-3,7H;1-2H3. The van der Waals surface area contributed by atoms with Gasteiger partial charge in [-0.05, 0) is 12.1 Å². The van der Waals surface area contributed by atoms with E-state index >= 15 is 0 Å². The lowest BCUT2D eigenvalue weighted by Gasteiger charge is -1.85. The molecule has 0 atom stereocenters. The second kappa shape index (κ2) is 5.46. The fourth-order valence-corrected chi connectivity index (χ4v) is 0.499. The minimum absolute atomic E-state index is 0.109. The highest BCUT2D eigenvalue weighted by molar-refractivity contribution is 5.86. The summed E-state index contributed by atoms with van der Waals surface area (Å²) < 4.78 is 11.1. The van der Waals surface area contributed by atoms with Gasteiger partial charge in [0.05, 0.1) is 0 Å². The number of aromatic nitrogens is 1. The molecule has 3 nitrogen and oxygen atoms in total. The zero-order chi connectivity index (χ0) is 8.69. The summed E-state index contributed by atoms with van der Waals surface area (Å²) in [5.41, 5.74) is 0.109. The summed E-state index contributed by atoms with van der Waals surface area (Å²) in [6, 6.07) is 2.99. The molecule has 0 aliphatic carbocycles. The molecule has 0 spiro atoms. The van der Waals surface area contributed by atoms with Gasteiger partial charge in [-0.2, -0.15) is 0 Å². The number of aromatic amines is 1.